The van der Waals surface area contributed by atoms with Crippen molar-refractivity contribution in [1.82, 2.24) is 20.0 Å². The summed E-state index contributed by atoms with van der Waals surface area (Å²) in [5.74, 6) is 2.05. The lowest BCUT2D eigenvalue weighted by Gasteiger charge is -2.33. The van der Waals surface area contributed by atoms with Gasteiger partial charge in [-0.15, -0.1) is 0 Å². The number of hydrogen-bond donors (Lipinski definition) is 0. The Labute approximate surface area is 173 Å². The van der Waals surface area contributed by atoms with Gasteiger partial charge in [0.25, 0.3) is 5.91 Å². The Morgan fingerprint density at radius 3 is 2.87 bits per heavy atom. The molecule has 0 N–H and O–H groups in total. The van der Waals surface area contributed by atoms with Gasteiger partial charge in [-0.1, -0.05) is 5.16 Å². The van der Waals surface area contributed by atoms with Crippen molar-refractivity contribution in [3.63, 3.8) is 0 Å². The summed E-state index contributed by atoms with van der Waals surface area (Å²) in [4.78, 5) is 23.8. The Kier molecular flexibility index (Phi) is 4.82. The molecule has 3 aromatic rings. The van der Waals surface area contributed by atoms with E-state index in [0.717, 1.165) is 29.8 Å². The molecule has 1 saturated heterocycles. The van der Waals surface area contributed by atoms with E-state index < -0.39 is 0 Å². The molecule has 4 heterocycles. The van der Waals surface area contributed by atoms with Gasteiger partial charge >= 0.3 is 0 Å². The monoisotopic (exact) mass is 406 g/mol. The first kappa shape index (κ1) is 18.6. The van der Waals surface area contributed by atoms with Crippen LogP contribution in [0.25, 0.3) is 11.3 Å². The van der Waals surface area contributed by atoms with E-state index in [9.17, 15) is 4.79 Å². The highest BCUT2D eigenvalue weighted by atomic mass is 16.6. The number of hydrogen-bond acceptors (Lipinski definition) is 7. The van der Waals surface area contributed by atoms with Gasteiger partial charge in [0.2, 0.25) is 0 Å². The van der Waals surface area contributed by atoms with Crippen LogP contribution in [0.5, 0.6) is 11.5 Å². The first-order valence-electron chi connectivity index (χ1n) is 10.1. The van der Waals surface area contributed by atoms with Gasteiger partial charge in [-0.25, -0.2) is 9.97 Å². The maximum Gasteiger partial charge on any atom is 0.254 e. The van der Waals surface area contributed by atoms with Crippen LogP contribution in [0.2, 0.25) is 0 Å². The van der Waals surface area contributed by atoms with Gasteiger partial charge in [0.05, 0.1) is 17.0 Å². The minimum Gasteiger partial charge on any atom is -0.486 e. The van der Waals surface area contributed by atoms with Crippen molar-refractivity contribution in [2.45, 2.75) is 25.7 Å². The van der Waals surface area contributed by atoms with Crippen LogP contribution in [0.15, 0.2) is 41.3 Å². The summed E-state index contributed by atoms with van der Waals surface area (Å²) >= 11 is 0. The van der Waals surface area contributed by atoms with Gasteiger partial charge in [-0.3, -0.25) is 4.79 Å². The van der Waals surface area contributed by atoms with Gasteiger partial charge in [0, 0.05) is 36.8 Å². The summed E-state index contributed by atoms with van der Waals surface area (Å²) in [6.07, 6.45) is 5.15. The normalized spacial score (nSPS) is 18.3. The van der Waals surface area contributed by atoms with Crippen molar-refractivity contribution in [3.05, 3.63) is 53.7 Å². The number of nitrogens with zero attached hydrogens (tertiary/aromatic N) is 4. The van der Waals surface area contributed by atoms with Crippen LogP contribution in [0.3, 0.4) is 0 Å². The number of piperidine rings is 1. The fourth-order valence-electron chi connectivity index (χ4n) is 4.09. The average molecular weight is 406 g/mol. The average Bonchev–Trinajstić information content (AvgIpc) is 3.24. The van der Waals surface area contributed by atoms with Crippen LogP contribution in [-0.2, 0) is 0 Å². The number of rotatable bonds is 3. The molecule has 1 amide bonds. The van der Waals surface area contributed by atoms with Crippen LogP contribution in [0, 0.1) is 6.92 Å². The Bertz CT molecular complexity index is 1080. The number of benzene rings is 1. The zero-order valence-corrected chi connectivity index (χ0v) is 16.7. The molecule has 8 nitrogen and oxygen atoms in total. The van der Waals surface area contributed by atoms with E-state index in [1.54, 1.807) is 30.7 Å². The largest absolute Gasteiger partial charge is 0.486 e. The van der Waals surface area contributed by atoms with E-state index in [2.05, 4.69) is 15.1 Å². The minimum atomic E-state index is -0.0113. The second-order valence-electron chi connectivity index (χ2n) is 7.60. The molecule has 0 radical (unpaired) electrons. The third-order valence-electron chi connectivity index (χ3n) is 5.52. The standard InChI is InChI=1S/C22H22N4O4/c1-14-9-19(30-25-14)17-11-23-13-24-21(17)16-3-2-6-26(12-16)22(27)15-4-5-18-20(10-15)29-8-7-28-18/h4-5,9-11,13,16H,2-3,6-8,12H2,1H3/t16-/m0/s1. The molecule has 154 valence electrons. The molecule has 2 aromatic heterocycles. The summed E-state index contributed by atoms with van der Waals surface area (Å²) in [5.41, 5.74) is 3.13. The van der Waals surface area contributed by atoms with Gasteiger partial charge in [-0.05, 0) is 38.0 Å². The van der Waals surface area contributed by atoms with E-state index >= 15 is 0 Å². The lowest BCUT2D eigenvalue weighted by atomic mass is 9.91. The zero-order chi connectivity index (χ0) is 20.5. The lowest BCUT2D eigenvalue weighted by Crippen LogP contribution is -2.39. The highest BCUT2D eigenvalue weighted by molar-refractivity contribution is 5.95. The molecule has 1 aromatic carbocycles. The predicted octanol–water partition coefficient (Wildman–Crippen LogP) is 3.23. The van der Waals surface area contributed by atoms with Crippen LogP contribution < -0.4 is 9.47 Å². The Balaban J connectivity index is 1.39. The quantitative estimate of drug-likeness (QED) is 0.659. The topological polar surface area (TPSA) is 90.6 Å². The molecule has 0 unspecified atom stereocenters. The molecule has 0 saturated carbocycles. The smallest absolute Gasteiger partial charge is 0.254 e. The number of fused-ring (bicyclic) bond motifs is 1. The fraction of sp³-hybridized carbons (Fsp3) is 0.364. The lowest BCUT2D eigenvalue weighted by molar-refractivity contribution is 0.0705. The van der Waals surface area contributed by atoms with Crippen LogP contribution in [-0.4, -0.2) is 52.2 Å². The van der Waals surface area contributed by atoms with Gasteiger partial charge in [-0.2, -0.15) is 0 Å². The van der Waals surface area contributed by atoms with Gasteiger partial charge < -0.3 is 18.9 Å². The molecule has 1 fully saturated rings. The molecule has 1 atom stereocenters. The number of carbonyl (C=O) groups excluding carboxylic acids is 1. The highest BCUT2D eigenvalue weighted by Gasteiger charge is 2.29. The number of likely N-dealkylation sites (tertiary alicyclic amines) is 1. The predicted molar refractivity (Wildman–Crippen MR) is 108 cm³/mol. The Morgan fingerprint density at radius 2 is 2.03 bits per heavy atom. The van der Waals surface area contributed by atoms with Crippen LogP contribution >= 0.6 is 0 Å². The highest BCUT2D eigenvalue weighted by Crippen LogP contribution is 2.35. The Hall–Kier alpha value is -3.42. The van der Waals surface area contributed by atoms with E-state index in [0.29, 0.717) is 49.1 Å². The van der Waals surface area contributed by atoms with Gasteiger partial charge in [0.1, 0.15) is 19.5 Å². The van der Waals surface area contributed by atoms with E-state index in [-0.39, 0.29) is 11.8 Å². The number of carbonyl (C=O) groups is 1. The van der Waals surface area contributed by atoms with E-state index in [1.807, 2.05) is 17.9 Å². The maximum absolute atomic E-state index is 13.2. The van der Waals surface area contributed by atoms with Crippen molar-refractivity contribution < 1.29 is 18.8 Å². The Morgan fingerprint density at radius 1 is 1.17 bits per heavy atom. The van der Waals surface area contributed by atoms with Gasteiger partial charge in [0.15, 0.2) is 17.3 Å². The molecular weight excluding hydrogens is 384 g/mol. The second kappa shape index (κ2) is 7.78. The van der Waals surface area contributed by atoms with Crippen LogP contribution in [0.1, 0.15) is 40.5 Å². The summed E-state index contributed by atoms with van der Waals surface area (Å²) in [6, 6.07) is 7.25. The van der Waals surface area contributed by atoms with Crippen molar-refractivity contribution in [2.75, 3.05) is 26.3 Å². The third-order valence-corrected chi connectivity index (χ3v) is 5.52. The molecule has 8 heteroatoms. The summed E-state index contributed by atoms with van der Waals surface area (Å²) in [7, 11) is 0. The summed E-state index contributed by atoms with van der Waals surface area (Å²) < 4.78 is 16.6. The zero-order valence-electron chi connectivity index (χ0n) is 16.7. The number of aromatic nitrogens is 3. The molecule has 5 rings (SSSR count). The SMILES string of the molecule is Cc1cc(-c2cncnc2[C@H]2CCCN(C(=O)c3ccc4c(c3)OCCO4)C2)on1. The molecule has 0 bridgehead atoms. The molecule has 2 aliphatic heterocycles. The first-order valence-corrected chi connectivity index (χ1v) is 10.1. The van der Waals surface area contributed by atoms with E-state index in [4.69, 9.17) is 14.0 Å². The third kappa shape index (κ3) is 3.49. The maximum atomic E-state index is 13.2. The van der Waals surface area contributed by atoms with Crippen molar-refractivity contribution >= 4 is 5.91 Å². The van der Waals surface area contributed by atoms with Crippen molar-refractivity contribution in [3.8, 4) is 22.8 Å². The summed E-state index contributed by atoms with van der Waals surface area (Å²) in [5, 5.41) is 3.98. The van der Waals surface area contributed by atoms with Crippen molar-refractivity contribution in [1.29, 1.82) is 0 Å². The molecular formula is C22H22N4O4. The minimum absolute atomic E-state index is 0.0113. The molecule has 30 heavy (non-hydrogen) atoms. The number of aryl methyl sites for hydroxylation is 1. The van der Waals surface area contributed by atoms with Crippen LogP contribution in [0.4, 0.5) is 0 Å². The molecule has 0 aliphatic carbocycles. The number of ether oxygens (including phenoxy) is 2. The second-order valence-corrected chi connectivity index (χ2v) is 7.60. The number of amides is 1. The van der Waals surface area contributed by atoms with Crippen molar-refractivity contribution in [2.24, 2.45) is 0 Å². The van der Waals surface area contributed by atoms with E-state index in [1.165, 1.54) is 0 Å². The summed E-state index contributed by atoms with van der Waals surface area (Å²) in [6.45, 7) is 4.20. The fourth-order valence-corrected chi connectivity index (χ4v) is 4.09. The molecule has 2 aliphatic rings. The molecule has 0 spiro atoms. The first-order chi connectivity index (χ1) is 14.7.